The highest BCUT2D eigenvalue weighted by Crippen LogP contribution is 2.22. The SMILES string of the molecule is CNC(Cc1cccnc1)c1ccc(C)cc1C. The molecule has 2 nitrogen and oxygen atoms in total. The second kappa shape index (κ2) is 5.78. The Labute approximate surface area is 109 Å². The van der Waals surface area contributed by atoms with Crippen LogP contribution in [0.25, 0.3) is 0 Å². The highest BCUT2D eigenvalue weighted by atomic mass is 14.9. The maximum absolute atomic E-state index is 4.17. The lowest BCUT2D eigenvalue weighted by Gasteiger charge is -2.19. The van der Waals surface area contributed by atoms with Gasteiger partial charge in [-0.15, -0.1) is 0 Å². The van der Waals surface area contributed by atoms with Crippen molar-refractivity contribution in [2.75, 3.05) is 7.05 Å². The highest BCUT2D eigenvalue weighted by molar-refractivity contribution is 5.33. The fourth-order valence-corrected chi connectivity index (χ4v) is 2.34. The Kier molecular flexibility index (Phi) is 4.11. The third-order valence-corrected chi connectivity index (χ3v) is 3.31. The van der Waals surface area contributed by atoms with Crippen molar-refractivity contribution in [1.82, 2.24) is 10.3 Å². The summed E-state index contributed by atoms with van der Waals surface area (Å²) >= 11 is 0. The van der Waals surface area contributed by atoms with E-state index in [9.17, 15) is 0 Å². The summed E-state index contributed by atoms with van der Waals surface area (Å²) in [7, 11) is 2.01. The summed E-state index contributed by atoms with van der Waals surface area (Å²) < 4.78 is 0. The number of aromatic nitrogens is 1. The molecule has 0 amide bonds. The van der Waals surface area contributed by atoms with Crippen LogP contribution in [0.2, 0.25) is 0 Å². The van der Waals surface area contributed by atoms with E-state index in [1.165, 1.54) is 22.3 Å². The molecule has 0 spiro atoms. The summed E-state index contributed by atoms with van der Waals surface area (Å²) in [4.78, 5) is 4.17. The first-order valence-corrected chi connectivity index (χ1v) is 6.34. The number of nitrogens with one attached hydrogen (secondary N) is 1. The number of nitrogens with zero attached hydrogens (tertiary/aromatic N) is 1. The molecule has 2 aromatic rings. The maximum atomic E-state index is 4.17. The van der Waals surface area contributed by atoms with Crippen LogP contribution in [0.1, 0.15) is 28.3 Å². The number of benzene rings is 1. The van der Waals surface area contributed by atoms with Gasteiger partial charge in [-0.25, -0.2) is 0 Å². The lowest BCUT2D eigenvalue weighted by atomic mass is 9.95. The van der Waals surface area contributed by atoms with Gasteiger partial charge >= 0.3 is 0 Å². The zero-order chi connectivity index (χ0) is 13.0. The molecule has 18 heavy (non-hydrogen) atoms. The van der Waals surface area contributed by atoms with Crippen LogP contribution in [0, 0.1) is 13.8 Å². The number of hydrogen-bond donors (Lipinski definition) is 1. The van der Waals surface area contributed by atoms with Gasteiger partial charge in [0.1, 0.15) is 0 Å². The number of rotatable bonds is 4. The summed E-state index contributed by atoms with van der Waals surface area (Å²) in [5.41, 5.74) is 5.29. The van der Waals surface area contributed by atoms with Crippen molar-refractivity contribution in [1.29, 1.82) is 0 Å². The highest BCUT2D eigenvalue weighted by Gasteiger charge is 2.12. The van der Waals surface area contributed by atoms with E-state index in [1.807, 2.05) is 25.5 Å². The summed E-state index contributed by atoms with van der Waals surface area (Å²) in [5, 5.41) is 3.40. The third-order valence-electron chi connectivity index (χ3n) is 3.31. The minimum Gasteiger partial charge on any atom is -0.313 e. The largest absolute Gasteiger partial charge is 0.313 e. The number of aryl methyl sites for hydroxylation is 2. The van der Waals surface area contributed by atoms with Crippen LogP contribution >= 0.6 is 0 Å². The van der Waals surface area contributed by atoms with E-state index in [0.717, 1.165) is 6.42 Å². The zero-order valence-corrected chi connectivity index (χ0v) is 11.3. The predicted molar refractivity (Wildman–Crippen MR) is 75.7 cm³/mol. The summed E-state index contributed by atoms with van der Waals surface area (Å²) in [6.07, 6.45) is 4.72. The van der Waals surface area contributed by atoms with Crippen LogP contribution in [-0.2, 0) is 6.42 Å². The molecule has 1 aromatic heterocycles. The lowest BCUT2D eigenvalue weighted by molar-refractivity contribution is 0.588. The quantitative estimate of drug-likeness (QED) is 0.887. The van der Waals surface area contributed by atoms with Crippen molar-refractivity contribution < 1.29 is 0 Å². The van der Waals surface area contributed by atoms with E-state index in [0.29, 0.717) is 6.04 Å². The fraction of sp³-hybridized carbons (Fsp3) is 0.312. The molecule has 0 saturated carbocycles. The molecule has 0 fully saturated rings. The predicted octanol–water partition coefficient (Wildman–Crippen LogP) is 3.20. The molecule has 94 valence electrons. The number of pyridine rings is 1. The van der Waals surface area contributed by atoms with Gasteiger partial charge in [0.05, 0.1) is 0 Å². The molecule has 0 radical (unpaired) electrons. The average molecular weight is 240 g/mol. The molecular formula is C16H20N2. The zero-order valence-electron chi connectivity index (χ0n) is 11.3. The van der Waals surface area contributed by atoms with E-state index in [-0.39, 0.29) is 0 Å². The van der Waals surface area contributed by atoms with Crippen molar-refractivity contribution in [3.63, 3.8) is 0 Å². The molecule has 1 atom stereocenters. The Hall–Kier alpha value is -1.67. The van der Waals surface area contributed by atoms with E-state index in [4.69, 9.17) is 0 Å². The molecule has 1 aromatic carbocycles. The minimum atomic E-state index is 0.342. The smallest absolute Gasteiger partial charge is 0.0361 e. The Morgan fingerprint density at radius 2 is 2.06 bits per heavy atom. The second-order valence-corrected chi connectivity index (χ2v) is 4.77. The molecule has 2 rings (SSSR count). The van der Waals surface area contributed by atoms with Crippen molar-refractivity contribution in [3.05, 3.63) is 65.0 Å². The van der Waals surface area contributed by atoms with Gasteiger partial charge in [0.2, 0.25) is 0 Å². The molecule has 0 aliphatic carbocycles. The van der Waals surface area contributed by atoms with E-state index in [1.54, 1.807) is 0 Å². The van der Waals surface area contributed by atoms with Crippen molar-refractivity contribution in [2.24, 2.45) is 0 Å². The molecule has 0 saturated heterocycles. The van der Waals surface area contributed by atoms with Gasteiger partial charge in [0.25, 0.3) is 0 Å². The monoisotopic (exact) mass is 240 g/mol. The number of likely N-dealkylation sites (N-methyl/N-ethyl adjacent to an activating group) is 1. The van der Waals surface area contributed by atoms with Crippen LogP contribution in [0.15, 0.2) is 42.7 Å². The first-order valence-electron chi connectivity index (χ1n) is 6.34. The van der Waals surface area contributed by atoms with Crippen LogP contribution in [-0.4, -0.2) is 12.0 Å². The van der Waals surface area contributed by atoms with Gasteiger partial charge in [0.15, 0.2) is 0 Å². The summed E-state index contributed by atoms with van der Waals surface area (Å²) in [5.74, 6) is 0. The van der Waals surface area contributed by atoms with Crippen molar-refractivity contribution >= 4 is 0 Å². The van der Waals surface area contributed by atoms with Crippen molar-refractivity contribution in [3.8, 4) is 0 Å². The summed E-state index contributed by atoms with van der Waals surface area (Å²) in [6.45, 7) is 4.31. The fourth-order valence-electron chi connectivity index (χ4n) is 2.34. The molecule has 2 heteroatoms. The van der Waals surface area contributed by atoms with Crippen LogP contribution in [0.5, 0.6) is 0 Å². The van der Waals surface area contributed by atoms with E-state index >= 15 is 0 Å². The Morgan fingerprint density at radius 3 is 2.67 bits per heavy atom. The Morgan fingerprint density at radius 1 is 1.22 bits per heavy atom. The molecule has 0 aliphatic heterocycles. The Bertz CT molecular complexity index is 506. The Balaban J connectivity index is 2.23. The topological polar surface area (TPSA) is 24.9 Å². The minimum absolute atomic E-state index is 0.342. The standard InChI is InChI=1S/C16H20N2/c1-12-6-7-15(13(2)9-12)16(17-3)10-14-5-4-8-18-11-14/h4-9,11,16-17H,10H2,1-3H3. The van der Waals surface area contributed by atoms with Gasteiger partial charge in [-0.2, -0.15) is 0 Å². The van der Waals surface area contributed by atoms with Gasteiger partial charge in [-0.3, -0.25) is 4.98 Å². The van der Waals surface area contributed by atoms with Gasteiger partial charge in [0, 0.05) is 18.4 Å². The molecule has 1 heterocycles. The average Bonchev–Trinajstić information content (AvgIpc) is 2.38. The summed E-state index contributed by atoms with van der Waals surface area (Å²) in [6, 6.07) is 11.1. The second-order valence-electron chi connectivity index (χ2n) is 4.77. The molecule has 1 unspecified atom stereocenters. The first-order chi connectivity index (χ1) is 8.70. The molecule has 0 bridgehead atoms. The van der Waals surface area contributed by atoms with Crippen LogP contribution < -0.4 is 5.32 Å². The maximum Gasteiger partial charge on any atom is 0.0361 e. The first kappa shape index (κ1) is 12.8. The lowest BCUT2D eigenvalue weighted by Crippen LogP contribution is -2.20. The van der Waals surface area contributed by atoms with Gasteiger partial charge < -0.3 is 5.32 Å². The van der Waals surface area contributed by atoms with E-state index < -0.39 is 0 Å². The molecular weight excluding hydrogens is 220 g/mol. The van der Waals surface area contributed by atoms with E-state index in [2.05, 4.69) is 48.4 Å². The van der Waals surface area contributed by atoms with Crippen LogP contribution in [0.4, 0.5) is 0 Å². The van der Waals surface area contributed by atoms with Crippen LogP contribution in [0.3, 0.4) is 0 Å². The third kappa shape index (κ3) is 2.96. The van der Waals surface area contributed by atoms with Gasteiger partial charge in [-0.05, 0) is 50.1 Å². The molecule has 0 aliphatic rings. The van der Waals surface area contributed by atoms with Crippen molar-refractivity contribution in [2.45, 2.75) is 26.3 Å². The van der Waals surface area contributed by atoms with Gasteiger partial charge in [-0.1, -0.05) is 29.8 Å². The number of hydrogen-bond acceptors (Lipinski definition) is 2. The normalized spacial score (nSPS) is 12.4. The molecule has 1 N–H and O–H groups in total.